The zero-order valence-electron chi connectivity index (χ0n) is 15.7. The predicted octanol–water partition coefficient (Wildman–Crippen LogP) is 4.55. The summed E-state index contributed by atoms with van der Waals surface area (Å²) in [6, 6.07) is 10.9. The van der Waals surface area contributed by atoms with Crippen molar-refractivity contribution in [3.05, 3.63) is 75.0 Å². The van der Waals surface area contributed by atoms with Crippen molar-refractivity contribution in [2.75, 3.05) is 10.7 Å². The largest absolute Gasteiger partial charge is 0.573 e. The molecule has 10 nitrogen and oxygen atoms in total. The monoisotopic (exact) mass is 512 g/mol. The molecule has 2 aromatic carbocycles. The van der Waals surface area contributed by atoms with E-state index in [-0.39, 0.29) is 22.9 Å². The Kier molecular flexibility index (Phi) is 6.73. The van der Waals surface area contributed by atoms with Crippen molar-refractivity contribution in [1.29, 1.82) is 0 Å². The van der Waals surface area contributed by atoms with Crippen LogP contribution in [0.1, 0.15) is 10.4 Å². The Balaban J connectivity index is 1.76. The van der Waals surface area contributed by atoms with E-state index in [0.717, 1.165) is 22.9 Å². The van der Waals surface area contributed by atoms with Crippen LogP contribution in [0.2, 0.25) is 0 Å². The maximum absolute atomic E-state index is 12.3. The van der Waals surface area contributed by atoms with E-state index < -0.39 is 28.6 Å². The van der Waals surface area contributed by atoms with E-state index in [4.69, 9.17) is 0 Å². The number of nitro groups is 1. The minimum atomic E-state index is -4.85. The van der Waals surface area contributed by atoms with Gasteiger partial charge in [-0.1, -0.05) is 15.9 Å². The lowest BCUT2D eigenvalue weighted by atomic mass is 10.2. The number of carbonyl (C=O) groups excluding carboxylic acids is 1. The van der Waals surface area contributed by atoms with E-state index in [1.165, 1.54) is 24.3 Å². The molecule has 3 aromatic rings. The van der Waals surface area contributed by atoms with E-state index >= 15 is 0 Å². The van der Waals surface area contributed by atoms with Crippen LogP contribution in [-0.4, -0.2) is 27.2 Å². The Bertz CT molecular complexity index is 1130. The maximum Gasteiger partial charge on any atom is 0.573 e. The third-order valence-electron chi connectivity index (χ3n) is 3.76. The summed E-state index contributed by atoms with van der Waals surface area (Å²) in [7, 11) is 0. The zero-order valence-corrected chi connectivity index (χ0v) is 17.3. The molecular formula is C18H12BrF3N6O4. The Morgan fingerprint density at radius 2 is 1.66 bits per heavy atom. The van der Waals surface area contributed by atoms with Gasteiger partial charge in [0.2, 0.25) is 11.6 Å². The van der Waals surface area contributed by atoms with Crippen molar-refractivity contribution in [2.45, 2.75) is 6.36 Å². The number of alkyl halides is 3. The number of carbonyl (C=O) groups is 1. The maximum atomic E-state index is 12.3. The number of amides is 1. The minimum Gasteiger partial charge on any atom is -0.406 e. The van der Waals surface area contributed by atoms with Crippen LogP contribution in [0.25, 0.3) is 0 Å². The number of ether oxygens (including phenoxy) is 1. The zero-order chi connectivity index (χ0) is 23.3. The van der Waals surface area contributed by atoms with Gasteiger partial charge in [0, 0.05) is 15.7 Å². The van der Waals surface area contributed by atoms with E-state index in [9.17, 15) is 28.1 Å². The Morgan fingerprint density at radius 3 is 2.25 bits per heavy atom. The van der Waals surface area contributed by atoms with Crippen LogP contribution in [0, 0.1) is 10.1 Å². The Morgan fingerprint density at radius 1 is 1.03 bits per heavy atom. The number of nitrogens with one attached hydrogen (secondary N) is 3. The lowest BCUT2D eigenvalue weighted by Crippen LogP contribution is -2.30. The summed E-state index contributed by atoms with van der Waals surface area (Å²) < 4.78 is 41.3. The fourth-order valence-electron chi connectivity index (χ4n) is 2.40. The lowest BCUT2D eigenvalue weighted by Gasteiger charge is -2.12. The normalized spacial score (nSPS) is 10.9. The summed E-state index contributed by atoms with van der Waals surface area (Å²) in [6.45, 7) is 0. The molecule has 1 amide bonds. The van der Waals surface area contributed by atoms with Crippen molar-refractivity contribution >= 4 is 44.8 Å². The van der Waals surface area contributed by atoms with Gasteiger partial charge in [-0.25, -0.2) is 9.97 Å². The summed E-state index contributed by atoms with van der Waals surface area (Å²) in [4.78, 5) is 30.6. The molecule has 3 rings (SSSR count). The summed E-state index contributed by atoms with van der Waals surface area (Å²) in [5, 5.41) is 14.2. The fourth-order valence-corrected chi connectivity index (χ4v) is 2.67. The molecule has 0 aliphatic carbocycles. The number of hydrogen-bond acceptors (Lipinski definition) is 8. The molecule has 14 heteroatoms. The first-order valence-corrected chi connectivity index (χ1v) is 9.36. The topological polar surface area (TPSA) is 131 Å². The van der Waals surface area contributed by atoms with Gasteiger partial charge in [-0.05, 0) is 48.5 Å². The van der Waals surface area contributed by atoms with E-state index in [0.29, 0.717) is 0 Å². The summed E-state index contributed by atoms with van der Waals surface area (Å²) in [5.74, 6) is -1.59. The van der Waals surface area contributed by atoms with Gasteiger partial charge < -0.3 is 10.1 Å². The van der Waals surface area contributed by atoms with Crippen LogP contribution in [0.4, 0.5) is 36.2 Å². The quantitative estimate of drug-likeness (QED) is 0.310. The average molecular weight is 513 g/mol. The van der Waals surface area contributed by atoms with Crippen LogP contribution in [0.3, 0.4) is 0 Å². The number of nitrogens with zero attached hydrogens (tertiary/aromatic N) is 3. The highest BCUT2D eigenvalue weighted by Gasteiger charge is 2.31. The Hall–Kier alpha value is -3.94. The molecule has 1 heterocycles. The summed E-state index contributed by atoms with van der Waals surface area (Å²) in [5.41, 5.74) is 4.57. The first kappa shape index (κ1) is 22.7. The second-order valence-corrected chi connectivity index (χ2v) is 6.88. The fraction of sp³-hybridized carbons (Fsp3) is 0.0556. The molecule has 1 aromatic heterocycles. The van der Waals surface area contributed by atoms with Gasteiger partial charge in [-0.15, -0.1) is 13.2 Å². The third kappa shape index (κ3) is 6.04. The highest BCUT2D eigenvalue weighted by Crippen LogP contribution is 2.31. The van der Waals surface area contributed by atoms with Crippen LogP contribution >= 0.6 is 15.9 Å². The lowest BCUT2D eigenvalue weighted by molar-refractivity contribution is -0.383. The SMILES string of the molecule is O=C(NNc1ncnc(Nc2ccc(OC(F)(F)F)cc2)c1[N+](=O)[O-])c1ccc(Br)cc1. The van der Waals surface area contributed by atoms with Crippen molar-refractivity contribution in [2.24, 2.45) is 0 Å². The first-order chi connectivity index (χ1) is 15.1. The smallest absolute Gasteiger partial charge is 0.406 e. The number of halogens is 4. The molecule has 0 unspecified atom stereocenters. The molecule has 3 N–H and O–H groups in total. The highest BCUT2D eigenvalue weighted by molar-refractivity contribution is 9.10. The van der Waals surface area contributed by atoms with Gasteiger partial charge >= 0.3 is 12.0 Å². The van der Waals surface area contributed by atoms with Crippen LogP contribution < -0.4 is 20.9 Å². The van der Waals surface area contributed by atoms with Gasteiger partial charge in [-0.2, -0.15) is 0 Å². The van der Waals surface area contributed by atoms with Gasteiger partial charge in [0.05, 0.1) is 4.92 Å². The number of hydrogen-bond donors (Lipinski definition) is 3. The first-order valence-electron chi connectivity index (χ1n) is 8.56. The molecule has 0 radical (unpaired) electrons. The molecule has 0 atom stereocenters. The van der Waals surface area contributed by atoms with E-state index in [2.05, 4.69) is 46.8 Å². The Labute approximate surface area is 186 Å². The van der Waals surface area contributed by atoms with E-state index in [1.54, 1.807) is 12.1 Å². The van der Waals surface area contributed by atoms with Crippen LogP contribution in [0.5, 0.6) is 5.75 Å². The third-order valence-corrected chi connectivity index (χ3v) is 4.28. The molecule has 0 aliphatic rings. The van der Waals surface area contributed by atoms with Crippen LogP contribution in [-0.2, 0) is 0 Å². The second kappa shape index (κ2) is 9.47. The van der Waals surface area contributed by atoms with Crippen molar-refractivity contribution in [1.82, 2.24) is 15.4 Å². The number of hydrazine groups is 1. The van der Waals surface area contributed by atoms with Crippen molar-refractivity contribution in [3.63, 3.8) is 0 Å². The summed E-state index contributed by atoms with van der Waals surface area (Å²) in [6.07, 6.45) is -3.84. The predicted molar refractivity (Wildman–Crippen MR) is 110 cm³/mol. The second-order valence-electron chi connectivity index (χ2n) is 5.96. The molecule has 0 aliphatic heterocycles. The molecule has 0 fully saturated rings. The molecule has 0 saturated heterocycles. The molecule has 0 bridgehead atoms. The number of rotatable bonds is 7. The van der Waals surface area contributed by atoms with Gasteiger partial charge in [-0.3, -0.25) is 25.8 Å². The van der Waals surface area contributed by atoms with Gasteiger partial charge in [0.1, 0.15) is 12.1 Å². The molecule has 166 valence electrons. The van der Waals surface area contributed by atoms with Crippen LogP contribution in [0.15, 0.2) is 59.3 Å². The molecule has 0 saturated carbocycles. The number of anilines is 3. The number of aromatic nitrogens is 2. The van der Waals surface area contributed by atoms with Crippen molar-refractivity contribution < 1.29 is 27.6 Å². The summed E-state index contributed by atoms with van der Waals surface area (Å²) >= 11 is 3.24. The highest BCUT2D eigenvalue weighted by atomic mass is 79.9. The molecule has 32 heavy (non-hydrogen) atoms. The standard InChI is InChI=1S/C18H12BrF3N6O4/c19-11-3-1-10(2-4-11)17(29)27-26-16-14(28(30)31)15(23-9-24-16)25-12-5-7-13(8-6-12)32-18(20,21)22/h1-9H,(H,27,29)(H2,23,24,25,26). The van der Waals surface area contributed by atoms with E-state index in [1.807, 2.05) is 0 Å². The minimum absolute atomic E-state index is 0.200. The van der Waals surface area contributed by atoms with Gasteiger partial charge in [0.25, 0.3) is 5.91 Å². The molecule has 0 spiro atoms. The number of benzene rings is 2. The molecular weight excluding hydrogens is 501 g/mol. The average Bonchev–Trinajstić information content (AvgIpc) is 2.72. The van der Waals surface area contributed by atoms with Crippen molar-refractivity contribution in [3.8, 4) is 5.75 Å². The van der Waals surface area contributed by atoms with Gasteiger partial charge in [0.15, 0.2) is 0 Å².